The molecule has 1 aromatic carbocycles. The molecular formula is C13H17BrClNO2. The lowest BCUT2D eigenvalue weighted by molar-refractivity contribution is 0.0387. The first-order valence-electron chi connectivity index (χ1n) is 5.59. The lowest BCUT2D eigenvalue weighted by Crippen LogP contribution is -2.46. The Hall–Kier alpha value is -0.740. The number of ether oxygens (including phenoxy) is 1. The third-order valence-electron chi connectivity index (χ3n) is 3.15. The number of rotatable bonds is 1. The largest absolute Gasteiger partial charge is 0.449 e. The Labute approximate surface area is 122 Å². The number of benzene rings is 1. The Balaban J connectivity index is 0.00000162. The molecule has 0 radical (unpaired) electrons. The lowest BCUT2D eigenvalue weighted by Gasteiger charge is -2.38. The van der Waals surface area contributed by atoms with Crippen LogP contribution in [0.1, 0.15) is 31.0 Å². The van der Waals surface area contributed by atoms with E-state index in [1.165, 1.54) is 5.56 Å². The van der Waals surface area contributed by atoms with Crippen LogP contribution >= 0.6 is 28.3 Å². The highest BCUT2D eigenvalue weighted by atomic mass is 79.9. The lowest BCUT2D eigenvalue weighted by atomic mass is 9.80. The number of alkyl carbamates (subject to hydrolysis) is 1. The minimum Gasteiger partial charge on any atom is -0.449 e. The van der Waals surface area contributed by atoms with Gasteiger partial charge in [-0.05, 0) is 24.1 Å². The number of hydrogen-bond acceptors (Lipinski definition) is 2. The number of cyclic esters (lactones) is 1. The van der Waals surface area contributed by atoms with Gasteiger partial charge < -0.3 is 10.1 Å². The van der Waals surface area contributed by atoms with Gasteiger partial charge in [-0.15, -0.1) is 12.4 Å². The monoisotopic (exact) mass is 333 g/mol. The zero-order valence-electron chi connectivity index (χ0n) is 10.6. The van der Waals surface area contributed by atoms with Crippen molar-refractivity contribution in [1.29, 1.82) is 0 Å². The Morgan fingerprint density at radius 1 is 1.44 bits per heavy atom. The summed E-state index contributed by atoms with van der Waals surface area (Å²) in [4.78, 5) is 11.3. The molecule has 1 aliphatic rings. The van der Waals surface area contributed by atoms with E-state index in [1.807, 2.05) is 6.92 Å². The normalized spacial score (nSPS) is 21.6. The van der Waals surface area contributed by atoms with Crippen LogP contribution in [0.4, 0.5) is 4.79 Å². The van der Waals surface area contributed by atoms with Crippen molar-refractivity contribution in [1.82, 2.24) is 5.32 Å². The molecule has 18 heavy (non-hydrogen) atoms. The number of nitrogens with one attached hydrogen (secondary N) is 1. The minimum absolute atomic E-state index is 0. The number of hydrogen-bond donors (Lipinski definition) is 1. The molecule has 1 atom stereocenters. The molecule has 1 heterocycles. The summed E-state index contributed by atoms with van der Waals surface area (Å²) in [6, 6.07) is 6.16. The topological polar surface area (TPSA) is 38.3 Å². The smallest absolute Gasteiger partial charge is 0.407 e. The van der Waals surface area contributed by atoms with E-state index in [0.717, 1.165) is 10.0 Å². The molecule has 0 bridgehead atoms. The van der Waals surface area contributed by atoms with Gasteiger partial charge in [0.1, 0.15) is 6.61 Å². The average Bonchev–Trinajstić information content (AvgIpc) is 2.26. The Kier molecular flexibility index (Phi) is 4.67. The maximum Gasteiger partial charge on any atom is 0.407 e. The number of carbonyl (C=O) groups excluding carboxylic acids is 1. The number of halogens is 2. The van der Waals surface area contributed by atoms with Gasteiger partial charge in [0, 0.05) is 9.89 Å². The van der Waals surface area contributed by atoms with Crippen molar-refractivity contribution in [3.8, 4) is 0 Å². The first kappa shape index (κ1) is 15.3. The van der Waals surface area contributed by atoms with Crippen molar-refractivity contribution in [2.45, 2.75) is 26.8 Å². The van der Waals surface area contributed by atoms with Gasteiger partial charge in [0.2, 0.25) is 0 Å². The molecule has 100 valence electrons. The first-order chi connectivity index (χ1) is 7.90. The van der Waals surface area contributed by atoms with Crippen molar-refractivity contribution in [3.63, 3.8) is 0 Å². The van der Waals surface area contributed by atoms with E-state index in [9.17, 15) is 4.79 Å². The molecule has 0 aromatic heterocycles. The van der Waals surface area contributed by atoms with Gasteiger partial charge in [0.05, 0.1) is 6.04 Å². The van der Waals surface area contributed by atoms with E-state index in [-0.39, 0.29) is 30.0 Å². The molecule has 3 nitrogen and oxygen atoms in total. The molecule has 0 saturated carbocycles. The Morgan fingerprint density at radius 3 is 2.72 bits per heavy atom. The van der Waals surface area contributed by atoms with Gasteiger partial charge in [-0.25, -0.2) is 4.79 Å². The summed E-state index contributed by atoms with van der Waals surface area (Å²) in [6.07, 6.45) is -0.342. The summed E-state index contributed by atoms with van der Waals surface area (Å²) < 4.78 is 6.10. The van der Waals surface area contributed by atoms with Gasteiger partial charge in [0.15, 0.2) is 0 Å². The third kappa shape index (κ3) is 2.98. The summed E-state index contributed by atoms with van der Waals surface area (Å²) in [5.74, 6) is 0. The molecule has 1 aliphatic heterocycles. The molecular weight excluding hydrogens is 318 g/mol. The van der Waals surface area contributed by atoms with Gasteiger partial charge in [-0.3, -0.25) is 0 Å². The standard InChI is InChI=1S/C13H16BrNO2.ClH/c1-8-4-5-9(6-10(8)14)11-13(2,3)7-17-12(16)15-11;/h4-6,11H,7H2,1-3H3,(H,15,16);1H/t11-;/m0./s1. The van der Waals surface area contributed by atoms with Crippen LogP contribution in [-0.2, 0) is 4.74 Å². The average molecular weight is 335 g/mol. The van der Waals surface area contributed by atoms with E-state index in [4.69, 9.17) is 4.74 Å². The fourth-order valence-electron chi connectivity index (χ4n) is 2.01. The summed E-state index contributed by atoms with van der Waals surface area (Å²) in [5, 5.41) is 2.89. The Bertz CT molecular complexity index is 462. The maximum absolute atomic E-state index is 11.3. The maximum atomic E-state index is 11.3. The van der Waals surface area contributed by atoms with Crippen molar-refractivity contribution < 1.29 is 9.53 Å². The highest BCUT2D eigenvalue weighted by Gasteiger charge is 2.37. The molecule has 1 fully saturated rings. The van der Waals surface area contributed by atoms with E-state index in [0.29, 0.717) is 6.61 Å². The molecule has 1 aromatic rings. The zero-order chi connectivity index (χ0) is 12.6. The van der Waals surface area contributed by atoms with Gasteiger partial charge in [0.25, 0.3) is 0 Å². The fraction of sp³-hybridized carbons (Fsp3) is 0.462. The first-order valence-corrected chi connectivity index (χ1v) is 6.39. The van der Waals surface area contributed by atoms with E-state index >= 15 is 0 Å². The minimum atomic E-state index is -0.342. The molecule has 0 aliphatic carbocycles. The quantitative estimate of drug-likeness (QED) is 0.843. The summed E-state index contributed by atoms with van der Waals surface area (Å²) in [7, 11) is 0. The number of aryl methyl sites for hydroxylation is 1. The van der Waals surface area contributed by atoms with Gasteiger partial charge >= 0.3 is 6.09 Å². The second kappa shape index (κ2) is 5.49. The third-order valence-corrected chi connectivity index (χ3v) is 4.00. The summed E-state index contributed by atoms with van der Waals surface area (Å²) >= 11 is 3.52. The van der Waals surface area contributed by atoms with Crippen LogP contribution in [0.15, 0.2) is 22.7 Å². The molecule has 1 amide bonds. The van der Waals surface area contributed by atoms with Crippen LogP contribution in [0.3, 0.4) is 0 Å². The van der Waals surface area contributed by atoms with E-state index in [2.05, 4.69) is 53.3 Å². The molecule has 5 heteroatoms. The SMILES string of the molecule is Cc1ccc([C@@H]2NC(=O)OCC2(C)C)cc1Br.Cl. The molecule has 1 N–H and O–H groups in total. The van der Waals surface area contributed by atoms with E-state index < -0.39 is 0 Å². The second-order valence-corrected chi connectivity index (χ2v) is 6.01. The predicted molar refractivity (Wildman–Crippen MR) is 77.1 cm³/mol. The number of carbonyl (C=O) groups is 1. The van der Waals surface area contributed by atoms with Crippen LogP contribution in [0.5, 0.6) is 0 Å². The fourth-order valence-corrected chi connectivity index (χ4v) is 2.41. The van der Waals surface area contributed by atoms with Crippen LogP contribution < -0.4 is 5.32 Å². The van der Waals surface area contributed by atoms with Crippen molar-refractivity contribution in [2.75, 3.05) is 6.61 Å². The highest BCUT2D eigenvalue weighted by molar-refractivity contribution is 9.10. The van der Waals surface area contributed by atoms with Crippen molar-refractivity contribution >= 4 is 34.4 Å². The van der Waals surface area contributed by atoms with Crippen molar-refractivity contribution in [3.05, 3.63) is 33.8 Å². The van der Waals surface area contributed by atoms with Gasteiger partial charge in [-0.2, -0.15) is 0 Å². The number of amides is 1. The predicted octanol–water partition coefficient (Wildman–Crippen LogP) is 3.99. The van der Waals surface area contributed by atoms with Crippen LogP contribution in [-0.4, -0.2) is 12.7 Å². The second-order valence-electron chi connectivity index (χ2n) is 5.15. The molecule has 2 rings (SSSR count). The van der Waals surface area contributed by atoms with Gasteiger partial charge in [-0.1, -0.05) is 41.9 Å². The summed E-state index contributed by atoms with van der Waals surface area (Å²) in [6.45, 7) is 6.66. The Morgan fingerprint density at radius 2 is 2.11 bits per heavy atom. The van der Waals surface area contributed by atoms with Crippen molar-refractivity contribution in [2.24, 2.45) is 5.41 Å². The highest BCUT2D eigenvalue weighted by Crippen LogP contribution is 2.37. The van der Waals surface area contributed by atoms with E-state index in [1.54, 1.807) is 0 Å². The van der Waals surface area contributed by atoms with Crippen LogP contribution in [0, 0.1) is 12.3 Å². The van der Waals surface area contributed by atoms with Crippen LogP contribution in [0.25, 0.3) is 0 Å². The molecule has 0 spiro atoms. The molecule has 0 unspecified atom stereocenters. The summed E-state index contributed by atoms with van der Waals surface area (Å²) in [5.41, 5.74) is 2.18. The zero-order valence-corrected chi connectivity index (χ0v) is 13.0. The molecule has 1 saturated heterocycles. The van der Waals surface area contributed by atoms with Crippen LogP contribution in [0.2, 0.25) is 0 Å².